The largest absolute Gasteiger partial charge is 0.305 e. The molecule has 0 aromatic heterocycles. The molecule has 0 N–H and O–H groups in total. The molecule has 1 amide bonds. The molecule has 148 valence electrons. The number of para-hydroxylation sites is 1. The van der Waals surface area contributed by atoms with E-state index in [1.54, 1.807) is 0 Å². The molecule has 4 nitrogen and oxygen atoms in total. The number of hydrogen-bond acceptors (Lipinski definition) is 3. The van der Waals surface area contributed by atoms with Gasteiger partial charge in [0.1, 0.15) is 0 Å². The number of carbonyl (C=O) groups is 1. The van der Waals surface area contributed by atoms with Crippen LogP contribution >= 0.6 is 0 Å². The van der Waals surface area contributed by atoms with Gasteiger partial charge in [-0.25, -0.2) is 0 Å². The van der Waals surface area contributed by atoms with Crippen molar-refractivity contribution in [3.8, 4) is 6.07 Å². The SMILES string of the molecule is CC(C)C1CCC(N2CCC(N3C(=O)C(=CC#N)c4ccccc43)CC2)CC1. The maximum Gasteiger partial charge on any atom is 0.259 e. The molecule has 1 aromatic carbocycles. The number of piperidine rings is 1. The van der Waals surface area contributed by atoms with E-state index in [1.165, 1.54) is 31.8 Å². The molecule has 0 bridgehead atoms. The minimum absolute atomic E-state index is 0.00126. The molecule has 0 atom stereocenters. The second-order valence-corrected chi connectivity index (χ2v) is 8.96. The lowest BCUT2D eigenvalue weighted by atomic mass is 9.79. The van der Waals surface area contributed by atoms with Gasteiger partial charge in [0.25, 0.3) is 5.91 Å². The number of hydrogen-bond donors (Lipinski definition) is 0. The maximum absolute atomic E-state index is 13.0. The fraction of sp³-hybridized carbons (Fsp3) is 0.583. The Morgan fingerprint density at radius 1 is 1.04 bits per heavy atom. The topological polar surface area (TPSA) is 47.3 Å². The van der Waals surface area contributed by atoms with E-state index in [9.17, 15) is 4.79 Å². The average Bonchev–Trinajstić information content (AvgIpc) is 3.00. The lowest BCUT2D eigenvalue weighted by Crippen LogP contribution is -2.49. The third kappa shape index (κ3) is 3.49. The standard InChI is InChI=1S/C24H31N3O/c1-17(2)18-7-9-19(10-8-18)26-15-12-20(13-16-26)27-23-6-4-3-5-21(23)22(11-14-25)24(27)28/h3-6,11,17-20H,7-10,12-13,15-16H2,1-2H3. The number of benzene rings is 1. The van der Waals surface area contributed by atoms with Crippen LogP contribution in [0.3, 0.4) is 0 Å². The summed E-state index contributed by atoms with van der Waals surface area (Å²) >= 11 is 0. The lowest BCUT2D eigenvalue weighted by molar-refractivity contribution is -0.113. The highest BCUT2D eigenvalue weighted by atomic mass is 16.2. The van der Waals surface area contributed by atoms with Crippen LogP contribution in [-0.4, -0.2) is 36.0 Å². The van der Waals surface area contributed by atoms with Crippen molar-refractivity contribution in [3.05, 3.63) is 35.9 Å². The molecular formula is C24H31N3O. The Morgan fingerprint density at radius 3 is 2.36 bits per heavy atom. The van der Waals surface area contributed by atoms with Gasteiger partial charge in [-0.1, -0.05) is 32.0 Å². The van der Waals surface area contributed by atoms with E-state index in [0.29, 0.717) is 5.57 Å². The summed E-state index contributed by atoms with van der Waals surface area (Å²) in [4.78, 5) is 17.7. The van der Waals surface area contributed by atoms with E-state index in [4.69, 9.17) is 5.26 Å². The summed E-state index contributed by atoms with van der Waals surface area (Å²) in [5.74, 6) is 1.71. The molecule has 28 heavy (non-hydrogen) atoms. The summed E-state index contributed by atoms with van der Waals surface area (Å²) in [6.45, 7) is 6.86. The number of rotatable bonds is 3. The van der Waals surface area contributed by atoms with Gasteiger partial charge in [-0.3, -0.25) is 4.79 Å². The minimum Gasteiger partial charge on any atom is -0.305 e. The van der Waals surface area contributed by atoms with Crippen LogP contribution in [0, 0.1) is 23.2 Å². The Labute approximate surface area is 168 Å². The van der Waals surface area contributed by atoms with Crippen molar-refractivity contribution in [2.75, 3.05) is 18.0 Å². The fourth-order valence-corrected chi connectivity index (χ4v) is 5.47. The molecular weight excluding hydrogens is 346 g/mol. The Balaban J connectivity index is 1.41. The number of nitrogens with zero attached hydrogens (tertiary/aromatic N) is 3. The number of allylic oxidation sites excluding steroid dienone is 1. The molecule has 1 aromatic rings. The zero-order valence-electron chi connectivity index (χ0n) is 17.1. The summed E-state index contributed by atoms with van der Waals surface area (Å²) in [5.41, 5.74) is 2.43. The number of anilines is 1. The molecule has 0 radical (unpaired) electrons. The van der Waals surface area contributed by atoms with E-state index in [2.05, 4.69) is 18.7 Å². The van der Waals surface area contributed by atoms with Crippen molar-refractivity contribution in [1.82, 2.24) is 4.90 Å². The highest BCUT2D eigenvalue weighted by Crippen LogP contribution is 2.40. The second-order valence-electron chi connectivity index (χ2n) is 8.96. The fourth-order valence-electron chi connectivity index (χ4n) is 5.47. The molecule has 0 spiro atoms. The van der Waals surface area contributed by atoms with Crippen molar-refractivity contribution >= 4 is 17.2 Å². The van der Waals surface area contributed by atoms with Gasteiger partial charge in [0.2, 0.25) is 0 Å². The predicted molar refractivity (Wildman–Crippen MR) is 113 cm³/mol. The summed E-state index contributed by atoms with van der Waals surface area (Å²) in [7, 11) is 0. The summed E-state index contributed by atoms with van der Waals surface area (Å²) in [5, 5.41) is 9.09. The van der Waals surface area contributed by atoms with Crippen molar-refractivity contribution < 1.29 is 4.79 Å². The van der Waals surface area contributed by atoms with E-state index >= 15 is 0 Å². The molecule has 2 aliphatic heterocycles. The van der Waals surface area contributed by atoms with Gasteiger partial charge in [0.15, 0.2) is 0 Å². The van der Waals surface area contributed by atoms with E-state index < -0.39 is 0 Å². The number of likely N-dealkylation sites (tertiary alicyclic amines) is 1. The van der Waals surface area contributed by atoms with Gasteiger partial charge in [-0.2, -0.15) is 5.26 Å². The minimum atomic E-state index is -0.00126. The Hall–Kier alpha value is -2.12. The normalized spacial score (nSPS) is 28.0. The van der Waals surface area contributed by atoms with Crippen LogP contribution in [0.25, 0.3) is 5.57 Å². The van der Waals surface area contributed by atoms with Gasteiger partial charge in [0, 0.05) is 36.8 Å². The molecule has 2 fully saturated rings. The van der Waals surface area contributed by atoms with Gasteiger partial charge in [-0.15, -0.1) is 0 Å². The van der Waals surface area contributed by atoms with Crippen LogP contribution in [0.5, 0.6) is 0 Å². The van der Waals surface area contributed by atoms with Gasteiger partial charge in [-0.05, 0) is 56.4 Å². The Bertz CT molecular complexity index is 790. The highest BCUT2D eigenvalue weighted by Gasteiger charge is 2.39. The summed E-state index contributed by atoms with van der Waals surface area (Å²) < 4.78 is 0. The molecule has 3 aliphatic rings. The molecule has 4 rings (SSSR count). The first-order chi connectivity index (χ1) is 13.6. The first-order valence-electron chi connectivity index (χ1n) is 10.9. The highest BCUT2D eigenvalue weighted by molar-refractivity contribution is 6.33. The smallest absolute Gasteiger partial charge is 0.259 e. The zero-order valence-corrected chi connectivity index (χ0v) is 17.1. The number of nitriles is 1. The first kappa shape index (κ1) is 19.2. The predicted octanol–water partition coefficient (Wildman–Crippen LogP) is 4.62. The molecule has 1 saturated heterocycles. The Morgan fingerprint density at radius 2 is 1.71 bits per heavy atom. The number of fused-ring (bicyclic) bond motifs is 1. The quantitative estimate of drug-likeness (QED) is 0.570. The van der Waals surface area contributed by atoms with Crippen LogP contribution < -0.4 is 4.90 Å². The van der Waals surface area contributed by atoms with E-state index in [0.717, 1.165) is 55.1 Å². The average molecular weight is 378 g/mol. The maximum atomic E-state index is 13.0. The van der Waals surface area contributed by atoms with Crippen molar-refractivity contribution in [3.63, 3.8) is 0 Å². The van der Waals surface area contributed by atoms with Gasteiger partial charge >= 0.3 is 0 Å². The second kappa shape index (κ2) is 8.09. The van der Waals surface area contributed by atoms with Crippen LogP contribution in [-0.2, 0) is 4.79 Å². The third-order valence-corrected chi connectivity index (χ3v) is 7.18. The molecule has 2 heterocycles. The van der Waals surface area contributed by atoms with Crippen LogP contribution in [0.1, 0.15) is 57.9 Å². The van der Waals surface area contributed by atoms with Gasteiger partial charge in [0.05, 0.1) is 17.3 Å². The summed E-state index contributed by atoms with van der Waals surface area (Å²) in [6, 6.07) is 10.9. The van der Waals surface area contributed by atoms with Crippen molar-refractivity contribution in [1.29, 1.82) is 5.26 Å². The first-order valence-corrected chi connectivity index (χ1v) is 10.9. The van der Waals surface area contributed by atoms with E-state index in [1.807, 2.05) is 35.2 Å². The van der Waals surface area contributed by atoms with Gasteiger partial charge < -0.3 is 9.80 Å². The lowest BCUT2D eigenvalue weighted by Gasteiger charge is -2.43. The number of amides is 1. The van der Waals surface area contributed by atoms with E-state index in [-0.39, 0.29) is 11.9 Å². The van der Waals surface area contributed by atoms with Crippen molar-refractivity contribution in [2.45, 2.75) is 64.5 Å². The molecule has 0 unspecified atom stereocenters. The molecule has 1 aliphatic carbocycles. The molecule has 4 heteroatoms. The number of carbonyl (C=O) groups excluding carboxylic acids is 1. The monoisotopic (exact) mass is 377 g/mol. The van der Waals surface area contributed by atoms with Crippen LogP contribution in [0.2, 0.25) is 0 Å². The third-order valence-electron chi connectivity index (χ3n) is 7.18. The summed E-state index contributed by atoms with van der Waals surface area (Å²) in [6.07, 6.45) is 8.82. The van der Waals surface area contributed by atoms with Crippen LogP contribution in [0.4, 0.5) is 5.69 Å². The van der Waals surface area contributed by atoms with Crippen molar-refractivity contribution in [2.24, 2.45) is 11.8 Å². The zero-order chi connectivity index (χ0) is 19.7. The Kier molecular flexibility index (Phi) is 5.55. The molecule has 1 saturated carbocycles. The van der Waals surface area contributed by atoms with Crippen LogP contribution in [0.15, 0.2) is 30.3 Å².